The van der Waals surface area contributed by atoms with Gasteiger partial charge in [0.25, 0.3) is 0 Å². The Balaban J connectivity index is 2.17. The molecule has 0 unspecified atom stereocenters. The van der Waals surface area contributed by atoms with Crippen LogP contribution < -0.4 is 4.74 Å². The Labute approximate surface area is 138 Å². The first-order chi connectivity index (χ1) is 11.1. The smallest absolute Gasteiger partial charge is 0.304 e. The minimum absolute atomic E-state index is 0.0338. The highest BCUT2D eigenvalue weighted by atomic mass is 35.5. The number of halogens is 1. The molecule has 23 heavy (non-hydrogen) atoms. The van der Waals surface area contributed by atoms with E-state index in [1.54, 1.807) is 13.2 Å². The summed E-state index contributed by atoms with van der Waals surface area (Å²) >= 11 is 6.30. The molecular formula is C18H16ClNO3. The summed E-state index contributed by atoms with van der Waals surface area (Å²) in [5.74, 6) is -0.471. The van der Waals surface area contributed by atoms with Crippen molar-refractivity contribution in [3.05, 3.63) is 64.8 Å². The highest BCUT2D eigenvalue weighted by Gasteiger charge is 2.23. The molecule has 0 fully saturated rings. The van der Waals surface area contributed by atoms with E-state index < -0.39 is 5.97 Å². The van der Waals surface area contributed by atoms with Gasteiger partial charge in [-0.25, -0.2) is 0 Å². The maximum atomic E-state index is 11.4. The van der Waals surface area contributed by atoms with Crippen LogP contribution in [0.3, 0.4) is 0 Å². The number of benzene rings is 2. The van der Waals surface area contributed by atoms with Crippen LogP contribution in [0.15, 0.2) is 48.7 Å². The van der Waals surface area contributed by atoms with Crippen molar-refractivity contribution in [2.24, 2.45) is 0 Å². The second-order valence-corrected chi connectivity index (χ2v) is 5.73. The van der Waals surface area contributed by atoms with E-state index in [2.05, 4.69) is 4.98 Å². The van der Waals surface area contributed by atoms with Crippen molar-refractivity contribution >= 4 is 28.5 Å². The van der Waals surface area contributed by atoms with Crippen molar-refractivity contribution < 1.29 is 14.6 Å². The van der Waals surface area contributed by atoms with E-state index >= 15 is 0 Å². The number of fused-ring (bicyclic) bond motifs is 1. The Morgan fingerprint density at radius 3 is 2.74 bits per heavy atom. The number of carboxylic acid groups (broad SMARTS) is 1. The summed E-state index contributed by atoms with van der Waals surface area (Å²) in [6.45, 7) is 0. The highest BCUT2D eigenvalue weighted by molar-refractivity contribution is 6.31. The van der Waals surface area contributed by atoms with Crippen molar-refractivity contribution in [1.82, 2.24) is 4.98 Å². The number of hydrogen-bond donors (Lipinski definition) is 2. The third kappa shape index (κ3) is 3.03. The molecule has 0 amide bonds. The van der Waals surface area contributed by atoms with Crippen LogP contribution >= 0.6 is 11.6 Å². The molecule has 118 valence electrons. The Bertz CT molecular complexity index is 856. The van der Waals surface area contributed by atoms with E-state index in [-0.39, 0.29) is 12.3 Å². The fourth-order valence-electron chi connectivity index (χ4n) is 2.86. The van der Waals surface area contributed by atoms with Crippen molar-refractivity contribution in [3.8, 4) is 5.75 Å². The molecule has 5 heteroatoms. The summed E-state index contributed by atoms with van der Waals surface area (Å²) in [7, 11) is 1.61. The molecule has 0 radical (unpaired) electrons. The molecule has 0 bridgehead atoms. The van der Waals surface area contributed by atoms with Crippen molar-refractivity contribution in [3.63, 3.8) is 0 Å². The van der Waals surface area contributed by atoms with Crippen LogP contribution in [0.5, 0.6) is 5.75 Å². The maximum Gasteiger partial charge on any atom is 0.304 e. The standard InChI is InChI=1S/C18H16ClNO3/c1-23-11-6-7-17-14(8-11)15(10-20-17)13(9-18(21)22)12-4-2-3-5-16(12)19/h2-8,10,13,20H,9H2,1H3,(H,21,22)/t13-/m1/s1. The lowest BCUT2D eigenvalue weighted by molar-refractivity contribution is -0.137. The third-order valence-electron chi connectivity index (χ3n) is 3.96. The fourth-order valence-corrected chi connectivity index (χ4v) is 3.12. The SMILES string of the molecule is COc1ccc2[nH]cc([C@H](CC(=O)O)c3ccccc3Cl)c2c1. The molecule has 0 aliphatic rings. The summed E-state index contributed by atoms with van der Waals surface area (Å²) in [5, 5.41) is 10.8. The predicted octanol–water partition coefficient (Wildman–Crippen LogP) is 4.44. The van der Waals surface area contributed by atoms with Crippen LogP contribution in [-0.2, 0) is 4.79 Å². The van der Waals surface area contributed by atoms with Gasteiger partial charge in [-0.1, -0.05) is 29.8 Å². The molecule has 3 aromatic rings. The molecule has 1 aromatic heterocycles. The second kappa shape index (κ2) is 6.34. The lowest BCUT2D eigenvalue weighted by atomic mass is 9.88. The Hall–Kier alpha value is -2.46. The number of carbonyl (C=O) groups is 1. The van der Waals surface area contributed by atoms with Gasteiger partial charge < -0.3 is 14.8 Å². The van der Waals surface area contributed by atoms with Crippen LogP contribution in [0.1, 0.15) is 23.5 Å². The molecule has 0 aliphatic heterocycles. The van der Waals surface area contributed by atoms with Crippen molar-refractivity contribution in [2.75, 3.05) is 7.11 Å². The van der Waals surface area contributed by atoms with Gasteiger partial charge in [-0.3, -0.25) is 4.79 Å². The number of nitrogens with one attached hydrogen (secondary N) is 1. The van der Waals surface area contributed by atoms with Crippen LogP contribution in [0.2, 0.25) is 5.02 Å². The zero-order chi connectivity index (χ0) is 16.4. The number of rotatable bonds is 5. The average molecular weight is 330 g/mol. The number of aromatic amines is 1. The zero-order valence-corrected chi connectivity index (χ0v) is 13.3. The van der Waals surface area contributed by atoms with Gasteiger partial charge in [0.15, 0.2) is 0 Å². The van der Waals surface area contributed by atoms with E-state index in [0.29, 0.717) is 5.02 Å². The second-order valence-electron chi connectivity index (χ2n) is 5.33. The van der Waals surface area contributed by atoms with Crippen molar-refractivity contribution in [1.29, 1.82) is 0 Å². The minimum atomic E-state index is -0.868. The van der Waals surface area contributed by atoms with Crippen LogP contribution in [0.25, 0.3) is 10.9 Å². The van der Waals surface area contributed by atoms with Gasteiger partial charge in [0.1, 0.15) is 5.75 Å². The number of methoxy groups -OCH3 is 1. The van der Waals surface area contributed by atoms with E-state index in [1.807, 2.05) is 42.6 Å². The molecule has 2 aromatic carbocycles. The summed E-state index contributed by atoms with van der Waals surface area (Å²) in [4.78, 5) is 14.6. The molecule has 0 saturated carbocycles. The van der Waals surface area contributed by atoms with Gasteiger partial charge >= 0.3 is 5.97 Å². The number of hydrogen-bond acceptors (Lipinski definition) is 2. The minimum Gasteiger partial charge on any atom is -0.497 e. The molecule has 0 spiro atoms. The summed E-state index contributed by atoms with van der Waals surface area (Å²) in [6.07, 6.45) is 1.81. The van der Waals surface area contributed by atoms with Gasteiger partial charge in [-0.2, -0.15) is 0 Å². The first-order valence-electron chi connectivity index (χ1n) is 7.21. The van der Waals surface area contributed by atoms with E-state index in [1.165, 1.54) is 0 Å². The summed E-state index contributed by atoms with van der Waals surface area (Å²) in [6, 6.07) is 13.0. The molecule has 4 nitrogen and oxygen atoms in total. The van der Waals surface area contributed by atoms with Gasteiger partial charge in [-0.05, 0) is 35.4 Å². The van der Waals surface area contributed by atoms with Crippen LogP contribution in [-0.4, -0.2) is 23.2 Å². The number of aromatic nitrogens is 1. The monoisotopic (exact) mass is 329 g/mol. The lowest BCUT2D eigenvalue weighted by Crippen LogP contribution is -2.08. The molecular weight excluding hydrogens is 314 g/mol. The number of ether oxygens (including phenoxy) is 1. The van der Waals surface area contributed by atoms with Crippen LogP contribution in [0, 0.1) is 0 Å². The maximum absolute atomic E-state index is 11.4. The highest BCUT2D eigenvalue weighted by Crippen LogP contribution is 2.37. The van der Waals surface area contributed by atoms with Crippen LogP contribution in [0.4, 0.5) is 0 Å². The normalized spacial score (nSPS) is 12.3. The topological polar surface area (TPSA) is 62.3 Å². The molecule has 0 aliphatic carbocycles. The van der Waals surface area contributed by atoms with E-state index in [9.17, 15) is 9.90 Å². The van der Waals surface area contributed by atoms with Crippen molar-refractivity contribution in [2.45, 2.75) is 12.3 Å². The number of H-pyrrole nitrogens is 1. The molecule has 1 heterocycles. The number of carboxylic acids is 1. The lowest BCUT2D eigenvalue weighted by Gasteiger charge is -2.16. The molecule has 0 saturated heterocycles. The van der Waals surface area contributed by atoms with E-state index in [4.69, 9.17) is 16.3 Å². The van der Waals surface area contributed by atoms with E-state index in [0.717, 1.165) is 27.8 Å². The summed E-state index contributed by atoms with van der Waals surface area (Å²) < 4.78 is 5.28. The third-order valence-corrected chi connectivity index (χ3v) is 4.30. The average Bonchev–Trinajstić information content (AvgIpc) is 2.96. The Morgan fingerprint density at radius 1 is 1.26 bits per heavy atom. The number of aliphatic carboxylic acids is 1. The van der Waals surface area contributed by atoms with Gasteiger partial charge in [-0.15, -0.1) is 0 Å². The first-order valence-corrected chi connectivity index (χ1v) is 7.59. The molecule has 2 N–H and O–H groups in total. The predicted molar refractivity (Wildman–Crippen MR) is 90.4 cm³/mol. The largest absolute Gasteiger partial charge is 0.497 e. The Morgan fingerprint density at radius 2 is 2.04 bits per heavy atom. The summed E-state index contributed by atoms with van der Waals surface area (Å²) in [5.41, 5.74) is 2.64. The van der Waals surface area contributed by atoms with Gasteiger partial charge in [0.2, 0.25) is 0 Å². The molecule has 1 atom stereocenters. The molecule has 3 rings (SSSR count). The van der Waals surface area contributed by atoms with Gasteiger partial charge in [0, 0.05) is 28.0 Å². The zero-order valence-electron chi connectivity index (χ0n) is 12.5. The quantitative estimate of drug-likeness (QED) is 0.727. The fraction of sp³-hybridized carbons (Fsp3) is 0.167. The first kappa shape index (κ1) is 15.4. The Kier molecular flexibility index (Phi) is 4.26. The van der Waals surface area contributed by atoms with Gasteiger partial charge in [0.05, 0.1) is 13.5 Å².